The maximum Gasteiger partial charge on any atom is 1.00 e. The second-order valence-electron chi connectivity index (χ2n) is 7.47. The van der Waals surface area contributed by atoms with Gasteiger partial charge in [-0.25, -0.2) is 4.98 Å². The standard InChI is InChI=1S/C22H16N2O5S.Na/c1-10-3-4-16-12(5-10)21(25)14-8-18-15(7-17(14)23-16)22(26)13-6-11(2)20(30(27,28)29)9-19(13)24-18;/h3-9H,1-2H3,(H,23,25)(H,24,26)(H,27,28,29);/q;+1/p-1. The first-order chi connectivity index (χ1) is 14.1. The summed E-state index contributed by atoms with van der Waals surface area (Å²) < 4.78 is 32.7. The van der Waals surface area contributed by atoms with E-state index >= 15 is 0 Å². The quantitative estimate of drug-likeness (QED) is 0.219. The van der Waals surface area contributed by atoms with Gasteiger partial charge in [-0.2, -0.15) is 8.42 Å². The van der Waals surface area contributed by atoms with E-state index in [1.807, 2.05) is 19.1 Å². The SMILES string of the molecule is Cc1ccc2[nH]c3cc4c([O-])c5cc(C)c(S(=O)(=O)O)cc5nc4cc3c(=O)c2c1.[Na+]. The molecule has 0 bridgehead atoms. The Labute approximate surface area is 198 Å². The molecule has 0 unspecified atom stereocenters. The molecule has 2 heterocycles. The summed E-state index contributed by atoms with van der Waals surface area (Å²) in [5.74, 6) is -0.327. The average molecular weight is 442 g/mol. The molecule has 31 heavy (non-hydrogen) atoms. The number of hydrogen-bond donors (Lipinski definition) is 2. The molecule has 0 spiro atoms. The molecule has 5 rings (SSSR count). The van der Waals surface area contributed by atoms with E-state index in [1.54, 1.807) is 18.2 Å². The molecule has 0 radical (unpaired) electrons. The van der Waals surface area contributed by atoms with Gasteiger partial charge in [0.15, 0.2) is 5.43 Å². The van der Waals surface area contributed by atoms with Gasteiger partial charge >= 0.3 is 29.6 Å². The van der Waals surface area contributed by atoms with Gasteiger partial charge in [0.05, 0.1) is 21.4 Å². The molecule has 0 aliphatic rings. The van der Waals surface area contributed by atoms with Gasteiger partial charge in [-0.3, -0.25) is 9.35 Å². The van der Waals surface area contributed by atoms with Crippen molar-refractivity contribution in [3.63, 3.8) is 0 Å². The van der Waals surface area contributed by atoms with Gasteiger partial charge in [0.2, 0.25) is 0 Å². The summed E-state index contributed by atoms with van der Waals surface area (Å²) in [6, 6.07) is 11.3. The van der Waals surface area contributed by atoms with E-state index in [9.17, 15) is 22.9 Å². The number of fused-ring (bicyclic) bond motifs is 4. The van der Waals surface area contributed by atoms with Crippen LogP contribution < -0.4 is 40.1 Å². The van der Waals surface area contributed by atoms with Crippen LogP contribution in [0.4, 0.5) is 0 Å². The Morgan fingerprint density at radius 2 is 1.55 bits per heavy atom. The summed E-state index contributed by atoms with van der Waals surface area (Å²) in [5, 5.41) is 14.6. The average Bonchev–Trinajstić information content (AvgIpc) is 2.68. The molecule has 0 fully saturated rings. The summed E-state index contributed by atoms with van der Waals surface area (Å²) in [6.07, 6.45) is 0. The van der Waals surface area contributed by atoms with Crippen LogP contribution >= 0.6 is 0 Å². The number of rotatable bonds is 1. The second-order valence-corrected chi connectivity index (χ2v) is 8.86. The molecule has 0 aliphatic carbocycles. The first-order valence-electron chi connectivity index (χ1n) is 9.12. The van der Waals surface area contributed by atoms with E-state index in [-0.39, 0.29) is 67.6 Å². The molecule has 0 aliphatic heterocycles. The van der Waals surface area contributed by atoms with E-state index in [0.717, 1.165) is 5.56 Å². The summed E-state index contributed by atoms with van der Waals surface area (Å²) in [4.78, 5) is 20.3. The van der Waals surface area contributed by atoms with Crippen LogP contribution in [-0.4, -0.2) is 22.9 Å². The van der Waals surface area contributed by atoms with Crippen molar-refractivity contribution >= 4 is 53.7 Å². The third-order valence-electron chi connectivity index (χ3n) is 5.37. The zero-order chi connectivity index (χ0) is 21.4. The Bertz CT molecular complexity index is 1730. The first kappa shape index (κ1) is 21.7. The van der Waals surface area contributed by atoms with Crippen LogP contribution in [0.25, 0.3) is 43.6 Å². The third kappa shape index (κ3) is 3.40. The molecule has 7 nitrogen and oxygen atoms in total. The number of aromatic amines is 1. The van der Waals surface area contributed by atoms with Gasteiger partial charge in [0.1, 0.15) is 0 Å². The molecule has 9 heteroatoms. The summed E-state index contributed by atoms with van der Waals surface area (Å²) in [7, 11) is -4.46. The van der Waals surface area contributed by atoms with Crippen molar-refractivity contribution in [3.8, 4) is 5.75 Å². The number of aryl methyl sites for hydroxylation is 2. The minimum absolute atomic E-state index is 0. The number of aromatic nitrogens is 2. The van der Waals surface area contributed by atoms with Gasteiger partial charge < -0.3 is 10.1 Å². The summed E-state index contributed by atoms with van der Waals surface area (Å²) in [5.41, 5.74) is 2.63. The molecule has 3 aromatic carbocycles. The minimum Gasteiger partial charge on any atom is -0.872 e. The van der Waals surface area contributed by atoms with Gasteiger partial charge in [-0.05, 0) is 66.6 Å². The summed E-state index contributed by atoms with van der Waals surface area (Å²) >= 11 is 0. The van der Waals surface area contributed by atoms with Crippen molar-refractivity contribution in [2.24, 2.45) is 0 Å². The van der Waals surface area contributed by atoms with Crippen molar-refractivity contribution in [3.05, 3.63) is 63.8 Å². The van der Waals surface area contributed by atoms with Gasteiger partial charge in [0, 0.05) is 16.3 Å². The minimum atomic E-state index is -4.46. The Kier molecular flexibility index (Phi) is 5.11. The number of H-pyrrole nitrogens is 1. The van der Waals surface area contributed by atoms with E-state index in [4.69, 9.17) is 0 Å². The Morgan fingerprint density at radius 3 is 2.26 bits per heavy atom. The smallest absolute Gasteiger partial charge is 0.872 e. The maximum atomic E-state index is 13.1. The normalized spacial score (nSPS) is 12.0. The maximum absolute atomic E-state index is 13.1. The van der Waals surface area contributed by atoms with E-state index in [2.05, 4.69) is 9.97 Å². The molecule has 2 aromatic heterocycles. The second kappa shape index (κ2) is 7.29. The van der Waals surface area contributed by atoms with E-state index in [0.29, 0.717) is 27.2 Å². The summed E-state index contributed by atoms with van der Waals surface area (Å²) in [6.45, 7) is 3.40. The molecule has 5 aromatic rings. The zero-order valence-electron chi connectivity index (χ0n) is 17.0. The predicted molar refractivity (Wildman–Crippen MR) is 114 cm³/mol. The largest absolute Gasteiger partial charge is 1.00 e. The zero-order valence-corrected chi connectivity index (χ0v) is 19.8. The molecule has 2 N–H and O–H groups in total. The Morgan fingerprint density at radius 1 is 0.903 bits per heavy atom. The van der Waals surface area contributed by atoms with Gasteiger partial charge in [0.25, 0.3) is 10.1 Å². The number of nitrogens with zero attached hydrogens (tertiary/aromatic N) is 1. The van der Waals surface area contributed by atoms with Crippen LogP contribution in [0.5, 0.6) is 5.75 Å². The van der Waals surface area contributed by atoms with Crippen molar-refractivity contribution < 1.29 is 47.6 Å². The molecule has 0 atom stereocenters. The monoisotopic (exact) mass is 442 g/mol. The van der Waals surface area contributed by atoms with E-state index < -0.39 is 10.1 Å². The third-order valence-corrected chi connectivity index (χ3v) is 6.37. The molecular weight excluding hydrogens is 427 g/mol. The van der Waals surface area contributed by atoms with Crippen LogP contribution in [0.2, 0.25) is 0 Å². The number of nitrogens with one attached hydrogen (secondary N) is 1. The van der Waals surface area contributed by atoms with Crippen molar-refractivity contribution in [1.82, 2.24) is 9.97 Å². The Balaban J connectivity index is 0.00000231. The van der Waals surface area contributed by atoms with E-state index in [1.165, 1.54) is 19.1 Å². The van der Waals surface area contributed by atoms with Crippen molar-refractivity contribution in [2.75, 3.05) is 0 Å². The number of benzene rings is 3. The molecule has 0 amide bonds. The topological polar surface area (TPSA) is 123 Å². The van der Waals surface area contributed by atoms with Crippen LogP contribution in [0.15, 0.2) is 52.2 Å². The van der Waals surface area contributed by atoms with Crippen molar-refractivity contribution in [1.29, 1.82) is 0 Å². The number of hydrogen-bond acceptors (Lipinski definition) is 5. The van der Waals surface area contributed by atoms with Crippen LogP contribution in [0.1, 0.15) is 11.1 Å². The molecule has 150 valence electrons. The van der Waals surface area contributed by atoms with Crippen molar-refractivity contribution in [2.45, 2.75) is 18.7 Å². The van der Waals surface area contributed by atoms with Crippen LogP contribution in [0, 0.1) is 13.8 Å². The van der Waals surface area contributed by atoms with Gasteiger partial charge in [-0.15, -0.1) is 0 Å². The fourth-order valence-corrected chi connectivity index (χ4v) is 4.63. The number of pyridine rings is 2. The molecule has 0 saturated carbocycles. The van der Waals surface area contributed by atoms with Crippen LogP contribution in [0.3, 0.4) is 0 Å². The fraction of sp³-hybridized carbons (Fsp3) is 0.0909. The predicted octanol–water partition coefficient (Wildman–Crippen LogP) is 0.324. The van der Waals surface area contributed by atoms with Gasteiger partial charge in [-0.1, -0.05) is 17.4 Å². The van der Waals surface area contributed by atoms with Crippen LogP contribution in [-0.2, 0) is 10.1 Å². The molecule has 0 saturated heterocycles. The Hall–Kier alpha value is -2.49. The fourth-order valence-electron chi connectivity index (χ4n) is 3.90. The molecular formula is C22H15N2NaO5S. The first-order valence-corrected chi connectivity index (χ1v) is 10.6.